The molecule has 6 rings (SSSR count). The predicted molar refractivity (Wildman–Crippen MR) is 158 cm³/mol. The quantitative estimate of drug-likeness (QED) is 0.320. The predicted octanol–water partition coefficient (Wildman–Crippen LogP) is 6.08. The number of hydrogen-bond donors (Lipinski definition) is 0. The smallest absolute Gasteiger partial charge is 0.213 e. The molecule has 1 saturated heterocycles. The molecule has 3 aromatic rings. The number of carbonyl (C=O) groups is 1. The normalized spacial score (nSPS) is 21.5. The SMILES string of the molecule is COc1cc(-c2ccc(C3CCc4ccc([C@H](C5CC5)[C@H](C)C(=O)[O-])cc4O3)c(CN3CCCC3(C)C)c2)ccn1. The number of aryl methyl sites for hydroxylation is 1. The largest absolute Gasteiger partial charge is 0.550 e. The van der Waals surface area contributed by atoms with E-state index < -0.39 is 11.9 Å². The first-order chi connectivity index (χ1) is 19.7. The average molecular weight is 554 g/mol. The zero-order valence-electron chi connectivity index (χ0n) is 24.7. The topological polar surface area (TPSA) is 74.7 Å². The van der Waals surface area contributed by atoms with Crippen molar-refractivity contribution in [2.75, 3.05) is 13.7 Å². The Hall–Kier alpha value is -3.38. The number of fused-ring (bicyclic) bond motifs is 1. The van der Waals surface area contributed by atoms with Gasteiger partial charge in [0.1, 0.15) is 11.9 Å². The number of carboxylic acids is 1. The number of aliphatic carboxylic acids is 1. The summed E-state index contributed by atoms with van der Waals surface area (Å²) in [4.78, 5) is 18.7. The van der Waals surface area contributed by atoms with Gasteiger partial charge < -0.3 is 19.4 Å². The molecule has 0 spiro atoms. The lowest BCUT2D eigenvalue weighted by molar-refractivity contribution is -0.311. The summed E-state index contributed by atoms with van der Waals surface area (Å²) in [5, 5.41) is 11.8. The number of likely N-dealkylation sites (tertiary alicyclic amines) is 1. The van der Waals surface area contributed by atoms with E-state index in [0.29, 0.717) is 11.8 Å². The van der Waals surface area contributed by atoms with Gasteiger partial charge in [0.2, 0.25) is 5.88 Å². The van der Waals surface area contributed by atoms with Crippen molar-refractivity contribution >= 4 is 5.97 Å². The Morgan fingerprint density at radius 1 is 1.12 bits per heavy atom. The fourth-order valence-electron chi connectivity index (χ4n) is 6.98. The van der Waals surface area contributed by atoms with E-state index in [4.69, 9.17) is 9.47 Å². The first-order valence-electron chi connectivity index (χ1n) is 15.1. The highest BCUT2D eigenvalue weighted by atomic mass is 16.5. The fourth-order valence-corrected chi connectivity index (χ4v) is 6.98. The molecule has 6 heteroatoms. The van der Waals surface area contributed by atoms with Gasteiger partial charge in [0, 0.05) is 36.2 Å². The third kappa shape index (κ3) is 5.72. The molecule has 3 aliphatic rings. The molecule has 0 bridgehead atoms. The summed E-state index contributed by atoms with van der Waals surface area (Å²) in [6.45, 7) is 8.44. The minimum Gasteiger partial charge on any atom is -0.550 e. The Bertz CT molecular complexity index is 1430. The van der Waals surface area contributed by atoms with Crippen LogP contribution in [-0.2, 0) is 17.8 Å². The van der Waals surface area contributed by atoms with E-state index in [1.165, 1.54) is 29.5 Å². The molecule has 1 saturated carbocycles. The molecule has 3 heterocycles. The third-order valence-electron chi connectivity index (χ3n) is 9.66. The highest BCUT2D eigenvalue weighted by molar-refractivity contribution is 5.69. The molecule has 0 N–H and O–H groups in total. The minimum atomic E-state index is -0.972. The molecule has 6 nitrogen and oxygen atoms in total. The summed E-state index contributed by atoms with van der Waals surface area (Å²) in [6, 6.07) is 17.1. The van der Waals surface area contributed by atoms with Crippen LogP contribution >= 0.6 is 0 Å². The number of pyridine rings is 1. The molecule has 216 valence electrons. The van der Waals surface area contributed by atoms with Crippen LogP contribution in [0.1, 0.15) is 87.2 Å². The lowest BCUT2D eigenvalue weighted by atomic mass is 9.82. The molecule has 0 radical (unpaired) electrons. The monoisotopic (exact) mass is 553 g/mol. The van der Waals surface area contributed by atoms with Gasteiger partial charge in [-0.05, 0) is 122 Å². The maximum absolute atomic E-state index is 11.8. The maximum Gasteiger partial charge on any atom is 0.213 e. The van der Waals surface area contributed by atoms with E-state index in [9.17, 15) is 9.90 Å². The van der Waals surface area contributed by atoms with Gasteiger partial charge in [-0.15, -0.1) is 0 Å². The Balaban J connectivity index is 1.33. The van der Waals surface area contributed by atoms with Crippen molar-refractivity contribution in [3.05, 3.63) is 77.0 Å². The van der Waals surface area contributed by atoms with Crippen LogP contribution in [0.4, 0.5) is 0 Å². The summed E-state index contributed by atoms with van der Waals surface area (Å²) in [5.74, 6) is 0.392. The molecule has 3 atom stereocenters. The van der Waals surface area contributed by atoms with Gasteiger partial charge in [-0.3, -0.25) is 4.90 Å². The number of aromatic nitrogens is 1. The first kappa shape index (κ1) is 27.8. The van der Waals surface area contributed by atoms with Crippen molar-refractivity contribution in [2.45, 2.75) is 83.4 Å². The highest BCUT2D eigenvalue weighted by Gasteiger charge is 2.37. The van der Waals surface area contributed by atoms with E-state index in [1.807, 2.05) is 12.1 Å². The summed E-state index contributed by atoms with van der Waals surface area (Å²) < 4.78 is 12.2. The second-order valence-corrected chi connectivity index (χ2v) is 12.8. The van der Waals surface area contributed by atoms with Crippen molar-refractivity contribution in [3.63, 3.8) is 0 Å². The fraction of sp³-hybridized carbons (Fsp3) is 0.486. The number of benzene rings is 2. The van der Waals surface area contributed by atoms with Gasteiger partial charge in [0.05, 0.1) is 7.11 Å². The number of methoxy groups -OCH3 is 1. The highest BCUT2D eigenvalue weighted by Crippen LogP contribution is 2.48. The first-order valence-corrected chi connectivity index (χ1v) is 15.1. The van der Waals surface area contributed by atoms with E-state index in [0.717, 1.165) is 61.2 Å². The van der Waals surface area contributed by atoms with E-state index >= 15 is 0 Å². The number of rotatable bonds is 9. The molecule has 2 fully saturated rings. The van der Waals surface area contributed by atoms with Crippen molar-refractivity contribution < 1.29 is 19.4 Å². The van der Waals surface area contributed by atoms with Gasteiger partial charge in [-0.2, -0.15) is 0 Å². The number of carbonyl (C=O) groups excluding carboxylic acids is 1. The zero-order valence-corrected chi connectivity index (χ0v) is 24.7. The summed E-state index contributed by atoms with van der Waals surface area (Å²) >= 11 is 0. The van der Waals surface area contributed by atoms with Crippen LogP contribution in [0.3, 0.4) is 0 Å². The van der Waals surface area contributed by atoms with Gasteiger partial charge in [0.25, 0.3) is 0 Å². The van der Waals surface area contributed by atoms with Crippen molar-refractivity contribution in [2.24, 2.45) is 11.8 Å². The minimum absolute atomic E-state index is 0.0288. The van der Waals surface area contributed by atoms with Crippen LogP contribution in [0.5, 0.6) is 11.6 Å². The number of carboxylic acid groups (broad SMARTS) is 1. The summed E-state index contributed by atoms with van der Waals surface area (Å²) in [6.07, 6.45) is 8.15. The zero-order chi connectivity index (χ0) is 28.7. The standard InChI is InChI=1S/C35H42N2O4/c1-22(34(38)39)33(24-7-8-24)27-9-6-23-11-13-30(41-31(23)19-27)29-12-10-25(26-14-16-36-32(20-26)40-4)18-28(29)21-37-17-5-15-35(37,2)3/h6,9-10,12,14,16,18-20,22,24,30,33H,5,7-8,11,13,15,17,21H2,1-4H3,(H,38,39)/p-1/t22-,30?,33-/m0/s1. The lowest BCUT2D eigenvalue weighted by Crippen LogP contribution is -2.37. The van der Waals surface area contributed by atoms with Crippen LogP contribution in [0.2, 0.25) is 0 Å². The molecular formula is C35H41N2O4-. The Labute approximate surface area is 243 Å². The number of hydrogen-bond acceptors (Lipinski definition) is 6. The Morgan fingerprint density at radius 2 is 1.93 bits per heavy atom. The Morgan fingerprint density at radius 3 is 2.63 bits per heavy atom. The number of ether oxygens (including phenoxy) is 2. The second kappa shape index (κ2) is 11.1. The van der Waals surface area contributed by atoms with Crippen molar-refractivity contribution in [1.82, 2.24) is 9.88 Å². The molecule has 0 amide bonds. The lowest BCUT2D eigenvalue weighted by Gasteiger charge is -2.34. The van der Waals surface area contributed by atoms with Crippen molar-refractivity contribution in [3.8, 4) is 22.8 Å². The van der Waals surface area contributed by atoms with Gasteiger partial charge >= 0.3 is 0 Å². The molecule has 2 aromatic carbocycles. The van der Waals surface area contributed by atoms with Crippen LogP contribution in [0, 0.1) is 11.8 Å². The molecule has 1 aliphatic carbocycles. The van der Waals surface area contributed by atoms with Gasteiger partial charge in [-0.25, -0.2) is 4.98 Å². The summed E-state index contributed by atoms with van der Waals surface area (Å²) in [7, 11) is 1.64. The average Bonchev–Trinajstić information content (AvgIpc) is 3.75. The van der Waals surface area contributed by atoms with E-state index in [2.05, 4.69) is 60.1 Å². The van der Waals surface area contributed by atoms with Crippen molar-refractivity contribution in [1.29, 1.82) is 0 Å². The van der Waals surface area contributed by atoms with Crippen LogP contribution in [0.25, 0.3) is 11.1 Å². The number of nitrogens with zero attached hydrogens (tertiary/aromatic N) is 2. The van der Waals surface area contributed by atoms with Crippen LogP contribution in [0.15, 0.2) is 54.7 Å². The molecule has 2 aliphatic heterocycles. The Kier molecular flexibility index (Phi) is 7.54. The van der Waals surface area contributed by atoms with E-state index in [1.54, 1.807) is 20.2 Å². The second-order valence-electron chi connectivity index (χ2n) is 12.8. The summed E-state index contributed by atoms with van der Waals surface area (Å²) in [5.41, 5.74) is 7.17. The molecule has 1 unspecified atom stereocenters. The van der Waals surface area contributed by atoms with E-state index in [-0.39, 0.29) is 17.6 Å². The maximum atomic E-state index is 11.8. The van der Waals surface area contributed by atoms with Crippen LogP contribution in [-0.4, -0.2) is 35.0 Å². The van der Waals surface area contributed by atoms with Gasteiger partial charge in [-0.1, -0.05) is 31.2 Å². The molecule has 41 heavy (non-hydrogen) atoms. The van der Waals surface area contributed by atoms with Gasteiger partial charge in [0.15, 0.2) is 0 Å². The molecular weight excluding hydrogens is 512 g/mol. The van der Waals surface area contributed by atoms with Crippen LogP contribution < -0.4 is 14.6 Å². The molecule has 1 aromatic heterocycles. The third-order valence-corrected chi connectivity index (χ3v) is 9.66.